The highest BCUT2D eigenvalue weighted by Crippen LogP contribution is 2.43. The smallest absolute Gasteiger partial charge is 0.408 e. The summed E-state index contributed by atoms with van der Waals surface area (Å²) in [5.74, 6) is 0.912. The van der Waals surface area contributed by atoms with Crippen molar-refractivity contribution in [3.05, 3.63) is 71.3 Å². The Hall–Kier alpha value is -2.67. The molecular formula is C31H47N2O6P. The fraction of sp³-hybridized carbons (Fsp3) is 0.548. The molecule has 9 heteroatoms. The number of benzene rings is 1. The quantitative estimate of drug-likeness (QED) is 0.127. The standard InChI is InChI=1S/C31H47N2O6P/c1-8-31(9-2,23-30(6,21-22-40(36,37)38)32-28(35)39-29(3,4)5)27-20-19-25(33(27)7)26(34)18-14-13-17-24-15-11-10-12-16-24/h10-12,15-16,19-22H,8-9,13-14,17-18,23H2,1-7H3,(H,32,35)(H2,36,37,38)/t30-/m0/s1. The van der Waals surface area contributed by atoms with E-state index in [0.717, 1.165) is 30.8 Å². The van der Waals surface area contributed by atoms with Gasteiger partial charge in [0.1, 0.15) is 5.60 Å². The average molecular weight is 575 g/mol. The molecule has 0 bridgehead atoms. The first-order chi connectivity index (χ1) is 18.5. The molecule has 222 valence electrons. The number of Topliss-reactive ketones (excluding diaryl/α,β-unsaturated/α-hetero) is 1. The molecule has 0 saturated carbocycles. The molecule has 1 atom stereocenters. The fourth-order valence-electron chi connectivity index (χ4n) is 5.31. The summed E-state index contributed by atoms with van der Waals surface area (Å²) in [7, 11) is -2.59. The predicted molar refractivity (Wildman–Crippen MR) is 160 cm³/mol. The topological polar surface area (TPSA) is 118 Å². The van der Waals surface area contributed by atoms with Gasteiger partial charge in [0.2, 0.25) is 0 Å². The second-order valence-corrected chi connectivity index (χ2v) is 13.4. The van der Waals surface area contributed by atoms with Crippen LogP contribution in [0.5, 0.6) is 0 Å². The molecule has 8 nitrogen and oxygen atoms in total. The van der Waals surface area contributed by atoms with Crippen LogP contribution in [0.15, 0.2) is 54.4 Å². The Bertz CT molecular complexity index is 1200. The number of rotatable bonds is 14. The van der Waals surface area contributed by atoms with Gasteiger partial charge in [0.15, 0.2) is 5.78 Å². The van der Waals surface area contributed by atoms with E-state index in [-0.39, 0.29) is 5.78 Å². The molecule has 3 N–H and O–H groups in total. The maximum atomic E-state index is 13.2. The van der Waals surface area contributed by atoms with Crippen LogP contribution in [0, 0.1) is 0 Å². The molecule has 1 aromatic carbocycles. The van der Waals surface area contributed by atoms with Crippen molar-refractivity contribution in [2.45, 2.75) is 103 Å². The lowest BCUT2D eigenvalue weighted by Crippen LogP contribution is -2.50. The number of alkyl carbamates (subject to hydrolysis) is 1. The number of hydrogen-bond acceptors (Lipinski definition) is 4. The number of ketones is 1. The Labute approximate surface area is 239 Å². The van der Waals surface area contributed by atoms with E-state index in [1.807, 2.05) is 55.8 Å². The highest BCUT2D eigenvalue weighted by atomic mass is 31.2. The molecule has 0 unspecified atom stereocenters. The second kappa shape index (κ2) is 13.8. The van der Waals surface area contributed by atoms with E-state index < -0.39 is 30.2 Å². The van der Waals surface area contributed by atoms with Crippen LogP contribution in [0.1, 0.15) is 102 Å². The van der Waals surface area contributed by atoms with Crippen molar-refractivity contribution in [1.29, 1.82) is 0 Å². The number of nitrogens with one attached hydrogen (secondary N) is 1. The number of hydrogen-bond donors (Lipinski definition) is 3. The van der Waals surface area contributed by atoms with Crippen LogP contribution in [0.3, 0.4) is 0 Å². The van der Waals surface area contributed by atoms with Gasteiger partial charge in [0.25, 0.3) is 0 Å². The van der Waals surface area contributed by atoms with Gasteiger partial charge < -0.3 is 24.4 Å². The van der Waals surface area contributed by atoms with Gasteiger partial charge in [-0.1, -0.05) is 50.3 Å². The summed E-state index contributed by atoms with van der Waals surface area (Å²) in [5.41, 5.74) is 0.465. The second-order valence-electron chi connectivity index (χ2n) is 11.9. The van der Waals surface area contributed by atoms with Crippen LogP contribution in [0.4, 0.5) is 4.79 Å². The predicted octanol–water partition coefficient (Wildman–Crippen LogP) is 7.04. The van der Waals surface area contributed by atoms with Crippen LogP contribution in [-0.4, -0.2) is 37.4 Å². The van der Waals surface area contributed by atoms with E-state index in [4.69, 9.17) is 4.74 Å². The van der Waals surface area contributed by atoms with Crippen molar-refractivity contribution < 1.29 is 28.7 Å². The van der Waals surface area contributed by atoms with Crippen LogP contribution in [-0.2, 0) is 28.2 Å². The highest BCUT2D eigenvalue weighted by Gasteiger charge is 2.40. The molecule has 2 aromatic rings. The van der Waals surface area contributed by atoms with Crippen LogP contribution < -0.4 is 5.32 Å². The maximum absolute atomic E-state index is 13.2. The molecule has 0 aliphatic heterocycles. The van der Waals surface area contributed by atoms with Crippen molar-refractivity contribution in [2.75, 3.05) is 0 Å². The van der Waals surface area contributed by atoms with E-state index in [1.165, 1.54) is 11.6 Å². The lowest BCUT2D eigenvalue weighted by atomic mass is 9.70. The van der Waals surface area contributed by atoms with Crippen LogP contribution in [0.25, 0.3) is 0 Å². The molecule has 1 aromatic heterocycles. The molecular weight excluding hydrogens is 527 g/mol. The number of ether oxygens (including phenoxy) is 1. The lowest BCUT2D eigenvalue weighted by Gasteiger charge is -2.41. The Morgan fingerprint density at radius 2 is 1.62 bits per heavy atom. The minimum atomic E-state index is -4.48. The Morgan fingerprint density at radius 1 is 1.00 bits per heavy atom. The summed E-state index contributed by atoms with van der Waals surface area (Å²) >= 11 is 0. The van der Waals surface area contributed by atoms with Gasteiger partial charge in [-0.2, -0.15) is 0 Å². The number of aryl methyl sites for hydroxylation is 1. The number of carbonyl (C=O) groups excluding carboxylic acids is 2. The summed E-state index contributed by atoms with van der Waals surface area (Å²) in [6, 6.07) is 14.1. The Morgan fingerprint density at radius 3 is 2.17 bits per heavy atom. The molecule has 0 radical (unpaired) electrons. The molecule has 2 rings (SSSR count). The summed E-state index contributed by atoms with van der Waals surface area (Å²) in [5, 5.41) is 2.85. The first kappa shape index (κ1) is 33.5. The first-order valence-electron chi connectivity index (χ1n) is 14.0. The summed E-state index contributed by atoms with van der Waals surface area (Å²) < 4.78 is 19.1. The van der Waals surface area contributed by atoms with Gasteiger partial charge in [-0.15, -0.1) is 0 Å². The third-order valence-corrected chi connectivity index (χ3v) is 7.93. The highest BCUT2D eigenvalue weighted by molar-refractivity contribution is 7.55. The zero-order valence-electron chi connectivity index (χ0n) is 25.1. The Kier molecular flexibility index (Phi) is 11.6. The summed E-state index contributed by atoms with van der Waals surface area (Å²) in [4.78, 5) is 45.0. The summed E-state index contributed by atoms with van der Waals surface area (Å²) in [6.45, 7) is 11.1. The zero-order chi connectivity index (χ0) is 30.2. The largest absolute Gasteiger partial charge is 0.444 e. The van der Waals surface area contributed by atoms with Crippen LogP contribution >= 0.6 is 7.60 Å². The molecule has 0 fully saturated rings. The van der Waals surface area contributed by atoms with Crippen molar-refractivity contribution in [3.63, 3.8) is 0 Å². The van der Waals surface area contributed by atoms with E-state index >= 15 is 0 Å². The molecule has 0 aliphatic rings. The van der Waals surface area contributed by atoms with Gasteiger partial charge in [-0.25, -0.2) is 4.79 Å². The normalized spacial score (nSPS) is 14.2. The Balaban J connectivity index is 2.29. The summed E-state index contributed by atoms with van der Waals surface area (Å²) in [6.07, 6.45) is 5.51. The first-order valence-corrected chi connectivity index (χ1v) is 15.7. The molecule has 1 amide bonds. The zero-order valence-corrected chi connectivity index (χ0v) is 26.0. The van der Waals surface area contributed by atoms with Crippen molar-refractivity contribution >= 4 is 19.5 Å². The third-order valence-electron chi connectivity index (χ3n) is 7.40. The number of amides is 1. The van der Waals surface area contributed by atoms with Crippen LogP contribution in [0.2, 0.25) is 0 Å². The van der Waals surface area contributed by atoms with Gasteiger partial charge in [0, 0.05) is 30.4 Å². The lowest BCUT2D eigenvalue weighted by molar-refractivity contribution is 0.0467. The van der Waals surface area contributed by atoms with Crippen molar-refractivity contribution in [2.24, 2.45) is 7.05 Å². The monoisotopic (exact) mass is 574 g/mol. The van der Waals surface area contributed by atoms with E-state index in [1.54, 1.807) is 27.7 Å². The molecule has 40 heavy (non-hydrogen) atoms. The number of nitrogens with zero attached hydrogens (tertiary/aromatic N) is 1. The van der Waals surface area contributed by atoms with E-state index in [9.17, 15) is 23.9 Å². The molecule has 0 aliphatic carbocycles. The molecule has 0 spiro atoms. The maximum Gasteiger partial charge on any atom is 0.408 e. The fourth-order valence-corrected chi connectivity index (χ4v) is 5.83. The minimum absolute atomic E-state index is 0.0824. The van der Waals surface area contributed by atoms with E-state index in [0.29, 0.717) is 31.4 Å². The van der Waals surface area contributed by atoms with Gasteiger partial charge in [-0.3, -0.25) is 9.36 Å². The third kappa shape index (κ3) is 10.1. The average Bonchev–Trinajstić information content (AvgIpc) is 3.25. The van der Waals surface area contributed by atoms with E-state index in [2.05, 4.69) is 17.4 Å². The van der Waals surface area contributed by atoms with Crippen molar-refractivity contribution in [3.8, 4) is 0 Å². The SMILES string of the molecule is CCC(CC)(C[C@](C)(C=CP(=O)(O)O)NC(=O)OC(C)(C)C)c1ccc(C(=O)CCCCc2ccccc2)n1C. The van der Waals surface area contributed by atoms with Gasteiger partial charge in [-0.05, 0) is 83.9 Å². The van der Waals surface area contributed by atoms with Crippen molar-refractivity contribution in [1.82, 2.24) is 9.88 Å². The molecule has 0 saturated heterocycles. The number of aromatic nitrogens is 1. The number of unbranched alkanes of at least 4 members (excludes halogenated alkanes) is 1. The minimum Gasteiger partial charge on any atom is -0.444 e. The van der Waals surface area contributed by atoms with Gasteiger partial charge in [0.05, 0.1) is 11.2 Å². The number of carbonyl (C=O) groups is 2. The molecule has 1 heterocycles. The van der Waals surface area contributed by atoms with Gasteiger partial charge >= 0.3 is 13.7 Å².